The lowest BCUT2D eigenvalue weighted by Gasteiger charge is -2.38. The van der Waals surface area contributed by atoms with Crippen molar-refractivity contribution in [3.63, 3.8) is 0 Å². The second kappa shape index (κ2) is 35.5. The molecule has 0 bridgehead atoms. The van der Waals surface area contributed by atoms with Crippen LogP contribution in [0.3, 0.4) is 0 Å². The van der Waals surface area contributed by atoms with E-state index in [4.69, 9.17) is 4.74 Å². The Kier molecular flexibility index (Phi) is 28.5. The van der Waals surface area contributed by atoms with Crippen LogP contribution in [0.4, 0.5) is 26.3 Å². The number of halogens is 6. The Labute approximate surface area is 622 Å². The summed E-state index contributed by atoms with van der Waals surface area (Å²) in [6.45, 7) is 47.9. The van der Waals surface area contributed by atoms with Gasteiger partial charge in [-0.3, -0.25) is 4.79 Å². The van der Waals surface area contributed by atoms with E-state index >= 15 is 0 Å². The predicted molar refractivity (Wildman–Crippen MR) is 425 cm³/mol. The van der Waals surface area contributed by atoms with Gasteiger partial charge >= 0.3 is 12.4 Å². The fourth-order valence-corrected chi connectivity index (χ4v) is 12.8. The molecular formula is C94H104F6O4S. The van der Waals surface area contributed by atoms with E-state index in [1.54, 1.807) is 38.1 Å². The summed E-state index contributed by atoms with van der Waals surface area (Å²) in [4.78, 5) is 13.1. The minimum atomic E-state index is -5.55. The van der Waals surface area contributed by atoms with Crippen LogP contribution in [0.2, 0.25) is 0 Å². The topological polar surface area (TPSA) is 60.4 Å². The maximum Gasteiger partial charge on any atom is 0.411 e. The number of ether oxygens (including phenoxy) is 1. The number of carbonyl (C=O) groups excluding carboxylic acids is 1. The molecule has 0 N–H and O–H groups in total. The first-order valence-electron chi connectivity index (χ1n) is 35.3. The lowest BCUT2D eigenvalue weighted by Crippen LogP contribution is -2.54. The second-order valence-corrected chi connectivity index (χ2v) is 30.4. The summed E-state index contributed by atoms with van der Waals surface area (Å²) in [6.07, 6.45) is -11.1. The van der Waals surface area contributed by atoms with Crippen LogP contribution in [0.1, 0.15) is 161 Å². The lowest BCUT2D eigenvalue weighted by molar-refractivity contribution is -0.288. The maximum absolute atomic E-state index is 14.0. The van der Waals surface area contributed by atoms with Crippen molar-refractivity contribution in [1.82, 2.24) is 0 Å². The third kappa shape index (κ3) is 21.3. The zero-order chi connectivity index (χ0) is 78.5. The highest BCUT2D eigenvalue weighted by atomic mass is 32.2. The zero-order valence-corrected chi connectivity index (χ0v) is 66.6. The Bertz CT molecular complexity index is 4720. The van der Waals surface area contributed by atoms with Gasteiger partial charge in [-0.2, -0.15) is 26.3 Å². The van der Waals surface area contributed by atoms with Gasteiger partial charge in [-0.05, 0) is 383 Å². The Morgan fingerprint density at radius 1 is 0.248 bits per heavy atom. The van der Waals surface area contributed by atoms with Gasteiger partial charge < -0.3 is 4.74 Å². The third-order valence-corrected chi connectivity index (χ3v) is 22.2. The summed E-state index contributed by atoms with van der Waals surface area (Å²) < 4.78 is 115. The summed E-state index contributed by atoms with van der Waals surface area (Å²) in [5.41, 5.74) is 25.4. The van der Waals surface area contributed by atoms with Gasteiger partial charge in [0.2, 0.25) is 15.3 Å². The van der Waals surface area contributed by atoms with Crippen molar-refractivity contribution in [3.8, 4) is 22.6 Å². The number of hydrogen-bond acceptors (Lipinski definition) is 4. The molecule has 0 spiro atoms. The number of benzene rings is 11. The van der Waals surface area contributed by atoms with Crippen LogP contribution in [0.25, 0.3) is 11.1 Å². The molecule has 0 aliphatic heterocycles. The minimum Gasteiger partial charge on any atom is -0.457 e. The van der Waals surface area contributed by atoms with E-state index in [2.05, 4.69) is 170 Å². The molecule has 0 saturated heterocycles. The van der Waals surface area contributed by atoms with Crippen LogP contribution < -0.4 is 4.74 Å². The highest BCUT2D eigenvalue weighted by Crippen LogP contribution is 2.56. The SMILES string of the molecule is Cc1cc(C)c(C)cc1C.Cc1ccc(-c2ccc(C)c(C)c2)cc1C.Cc1ccc(C(=O)c2ccc(C)c(C)c2)cc1C.Cc1ccc(C(c2ccc(C)c(C)c2)(C(F)(F)F)C(F)(F)F)cc1C.Cc1ccc(Oc2ccc(C)c(C)c2)cc1C.Cc1ccc(S(=O)(=O)c2ccc(C)c(C)c2)cc1C. The number of alkyl halides is 6. The molecule has 552 valence electrons. The molecule has 11 rings (SSSR count). The van der Waals surface area contributed by atoms with Crippen molar-refractivity contribution < 1.29 is 44.3 Å². The fraction of sp³-hybridized carbons (Fsp3) is 0.287. The molecule has 11 aromatic rings. The number of rotatable bonds is 9. The lowest BCUT2D eigenvalue weighted by atomic mass is 9.71. The molecule has 0 amide bonds. The molecular weight excluding hydrogens is 1340 g/mol. The summed E-state index contributed by atoms with van der Waals surface area (Å²) in [5.74, 6) is 1.90. The van der Waals surface area contributed by atoms with Crippen LogP contribution in [-0.2, 0) is 15.3 Å². The van der Waals surface area contributed by atoms with Crippen LogP contribution in [0, 0.1) is 166 Å². The van der Waals surface area contributed by atoms with Crippen molar-refractivity contribution >= 4 is 15.6 Å². The monoisotopic (exact) mass is 1440 g/mol. The first-order chi connectivity index (χ1) is 48.9. The van der Waals surface area contributed by atoms with Crippen LogP contribution in [-0.4, -0.2) is 26.6 Å². The Morgan fingerprint density at radius 2 is 0.476 bits per heavy atom. The molecule has 0 heterocycles. The highest BCUT2D eigenvalue weighted by Gasteiger charge is 2.72. The molecule has 4 nitrogen and oxygen atoms in total. The minimum absolute atomic E-state index is 0.0983. The summed E-state index contributed by atoms with van der Waals surface area (Å²) >= 11 is 0. The average molecular weight is 1440 g/mol. The van der Waals surface area contributed by atoms with Crippen molar-refractivity contribution in [2.75, 3.05) is 0 Å². The number of aryl methyl sites for hydroxylation is 24. The smallest absolute Gasteiger partial charge is 0.411 e. The zero-order valence-electron chi connectivity index (χ0n) is 65.8. The molecule has 11 heteroatoms. The predicted octanol–water partition coefficient (Wildman–Crippen LogP) is 26.5. The van der Waals surface area contributed by atoms with E-state index in [1.165, 1.54) is 115 Å². The molecule has 105 heavy (non-hydrogen) atoms. The van der Waals surface area contributed by atoms with Gasteiger partial charge in [0, 0.05) is 11.1 Å². The summed E-state index contributed by atoms with van der Waals surface area (Å²) in [6, 6.07) is 58.8. The van der Waals surface area contributed by atoms with E-state index in [0.717, 1.165) is 80.3 Å². The summed E-state index contributed by atoms with van der Waals surface area (Å²) in [5, 5.41) is 0. The molecule has 0 fully saturated rings. The number of hydrogen-bond donors (Lipinski definition) is 0. The van der Waals surface area contributed by atoms with Gasteiger partial charge in [-0.25, -0.2) is 8.42 Å². The molecule has 11 aromatic carbocycles. The molecule has 0 saturated carbocycles. The average Bonchev–Trinajstić information content (AvgIpc) is 0.714. The molecule has 0 aromatic heterocycles. The van der Waals surface area contributed by atoms with Crippen LogP contribution >= 0.6 is 0 Å². The normalized spacial score (nSPS) is 11.3. The highest BCUT2D eigenvalue weighted by molar-refractivity contribution is 7.91. The van der Waals surface area contributed by atoms with E-state index in [9.17, 15) is 39.6 Å². The molecule has 0 aliphatic carbocycles. The van der Waals surface area contributed by atoms with Gasteiger partial charge in [-0.15, -0.1) is 0 Å². The Hall–Kier alpha value is -9.58. The number of ketones is 1. The van der Waals surface area contributed by atoms with Gasteiger partial charge in [0.1, 0.15) is 11.5 Å². The third-order valence-electron chi connectivity index (χ3n) is 20.5. The standard InChI is InChI=1S/C19H18F6.C17H18O.C16H18O2S.C16H18O.C16H18.C10H14/c1-11-5-7-15(9-13(11)3)17(18(20,21)22,19(23,24)25)16-8-6-12(2)14(4)10-16;1-11-5-7-15(9-13(11)3)17(18)16-8-6-12(2)14(4)10-16;1-11-5-7-15(9-13(11)3)19(17,18)16-8-6-12(2)14(4)10-16;1-11-5-7-15(9-13(11)3)17-16-8-6-12(2)14(4)10-16;1-11-5-7-15(9-13(11)3)16-8-6-12(2)14(4)10-16;1-7-5-9(3)10(4)6-8(7)2/h5-10H,1-4H3;5-10H,1-4H3;5-10H,1-4H3;5-10H,1-4H3;5-10H,1-4H3;5-6H,1-4H3. The quantitative estimate of drug-likeness (QED) is 0.107. The van der Waals surface area contributed by atoms with E-state index in [-0.39, 0.29) is 5.78 Å². The van der Waals surface area contributed by atoms with Crippen molar-refractivity contribution in [1.29, 1.82) is 0 Å². The largest absolute Gasteiger partial charge is 0.457 e. The van der Waals surface area contributed by atoms with Gasteiger partial charge in [0.25, 0.3) is 0 Å². The molecule has 0 radical (unpaired) electrons. The van der Waals surface area contributed by atoms with Gasteiger partial charge in [0.15, 0.2) is 5.78 Å². The Balaban J connectivity index is 0.000000201. The maximum atomic E-state index is 14.0. The molecule has 0 atom stereocenters. The number of sulfone groups is 1. The van der Waals surface area contributed by atoms with Crippen molar-refractivity contribution in [2.45, 2.75) is 194 Å². The van der Waals surface area contributed by atoms with Crippen molar-refractivity contribution in [3.05, 3.63) is 350 Å². The van der Waals surface area contributed by atoms with Crippen LogP contribution in [0.5, 0.6) is 11.5 Å². The van der Waals surface area contributed by atoms with E-state index < -0.39 is 38.7 Å². The van der Waals surface area contributed by atoms with Crippen molar-refractivity contribution in [2.24, 2.45) is 0 Å². The van der Waals surface area contributed by atoms with Gasteiger partial charge in [-0.1, -0.05) is 133 Å². The fourth-order valence-electron chi connectivity index (χ4n) is 11.4. The molecule has 0 aliphatic rings. The van der Waals surface area contributed by atoms with Gasteiger partial charge in [0.05, 0.1) is 9.79 Å². The first-order valence-corrected chi connectivity index (χ1v) is 36.8. The van der Waals surface area contributed by atoms with E-state index in [0.29, 0.717) is 32.0 Å². The second-order valence-electron chi connectivity index (χ2n) is 28.5. The summed E-state index contributed by atoms with van der Waals surface area (Å²) in [7, 11) is -3.42. The number of carbonyl (C=O) groups is 1. The van der Waals surface area contributed by atoms with Crippen LogP contribution in [0.15, 0.2) is 204 Å². The Morgan fingerprint density at radius 3 is 0.733 bits per heavy atom. The first kappa shape index (κ1) is 84.4. The van der Waals surface area contributed by atoms with E-state index in [1.807, 2.05) is 102 Å². The molecule has 0 unspecified atom stereocenters.